The largest absolute Gasteiger partial charge is 0.507 e. The first-order valence-electron chi connectivity index (χ1n) is 8.61. The number of rotatable bonds is 5. The highest BCUT2D eigenvalue weighted by atomic mass is 16.5. The lowest BCUT2D eigenvalue weighted by atomic mass is 10.1. The van der Waals surface area contributed by atoms with Crippen LogP contribution < -0.4 is 10.2 Å². The number of esters is 1. The summed E-state index contributed by atoms with van der Waals surface area (Å²) in [6.45, 7) is 1.95. The van der Waals surface area contributed by atoms with E-state index >= 15 is 0 Å². The highest BCUT2D eigenvalue weighted by Gasteiger charge is 2.22. The Morgan fingerprint density at radius 2 is 2.04 bits per heavy atom. The van der Waals surface area contributed by atoms with Crippen molar-refractivity contribution in [2.24, 2.45) is 0 Å². The summed E-state index contributed by atoms with van der Waals surface area (Å²) in [5, 5.41) is 12.4. The minimum atomic E-state index is -0.775. The molecule has 0 aliphatic carbocycles. The maximum absolute atomic E-state index is 12.1. The van der Waals surface area contributed by atoms with Crippen LogP contribution in [-0.2, 0) is 14.3 Å². The Kier molecular flexibility index (Phi) is 5.40. The predicted molar refractivity (Wildman–Crippen MR) is 99.8 cm³/mol. The molecule has 0 radical (unpaired) electrons. The number of hydrogen-bond donors (Lipinski definition) is 2. The van der Waals surface area contributed by atoms with Crippen molar-refractivity contribution in [1.82, 2.24) is 0 Å². The molecule has 0 unspecified atom stereocenters. The number of amides is 2. The molecule has 2 N–H and O–H groups in total. The summed E-state index contributed by atoms with van der Waals surface area (Å²) in [7, 11) is 0. The van der Waals surface area contributed by atoms with Crippen molar-refractivity contribution in [2.75, 3.05) is 23.4 Å². The van der Waals surface area contributed by atoms with Crippen LogP contribution in [0.25, 0.3) is 0 Å². The Balaban J connectivity index is 1.59. The molecule has 1 aliphatic heterocycles. The lowest BCUT2D eigenvalue weighted by molar-refractivity contribution is -0.119. The van der Waals surface area contributed by atoms with Gasteiger partial charge < -0.3 is 20.1 Å². The number of carbonyl (C=O) groups excluding carboxylic acids is 3. The van der Waals surface area contributed by atoms with Gasteiger partial charge in [0, 0.05) is 24.3 Å². The molecule has 1 aliphatic rings. The molecule has 7 heteroatoms. The van der Waals surface area contributed by atoms with E-state index < -0.39 is 18.5 Å². The minimum absolute atomic E-state index is 0.0114. The molecule has 0 atom stereocenters. The Bertz CT molecular complexity index is 894. The molecule has 1 heterocycles. The van der Waals surface area contributed by atoms with Gasteiger partial charge in [0.15, 0.2) is 6.61 Å². The number of aromatic hydroxyl groups is 1. The van der Waals surface area contributed by atoms with E-state index in [0.29, 0.717) is 18.7 Å². The first-order chi connectivity index (χ1) is 12.9. The van der Waals surface area contributed by atoms with Crippen molar-refractivity contribution in [3.63, 3.8) is 0 Å². The van der Waals surface area contributed by atoms with Gasteiger partial charge in [-0.05, 0) is 43.7 Å². The molecule has 1 fully saturated rings. The zero-order valence-corrected chi connectivity index (χ0v) is 14.9. The molecule has 0 saturated carbocycles. The summed E-state index contributed by atoms with van der Waals surface area (Å²) in [4.78, 5) is 37.6. The van der Waals surface area contributed by atoms with E-state index in [1.165, 1.54) is 12.1 Å². The average molecular weight is 368 g/mol. The summed E-state index contributed by atoms with van der Waals surface area (Å²) in [6, 6.07) is 11.5. The van der Waals surface area contributed by atoms with Gasteiger partial charge in [0.05, 0.1) is 0 Å². The van der Waals surface area contributed by atoms with E-state index in [-0.39, 0.29) is 17.2 Å². The lowest BCUT2D eigenvalue weighted by Gasteiger charge is -2.16. The third-order valence-corrected chi connectivity index (χ3v) is 4.22. The van der Waals surface area contributed by atoms with Crippen LogP contribution in [0.4, 0.5) is 11.4 Å². The summed E-state index contributed by atoms with van der Waals surface area (Å²) in [5.41, 5.74) is 2.03. The Morgan fingerprint density at radius 1 is 1.22 bits per heavy atom. The Labute approximate surface area is 156 Å². The molecule has 7 nitrogen and oxygen atoms in total. The summed E-state index contributed by atoms with van der Waals surface area (Å²) >= 11 is 0. The zero-order chi connectivity index (χ0) is 19.4. The highest BCUT2D eigenvalue weighted by Crippen LogP contribution is 2.24. The molecule has 27 heavy (non-hydrogen) atoms. The topological polar surface area (TPSA) is 95.9 Å². The number of anilines is 2. The smallest absolute Gasteiger partial charge is 0.342 e. The van der Waals surface area contributed by atoms with Crippen LogP contribution in [0.1, 0.15) is 28.8 Å². The van der Waals surface area contributed by atoms with E-state index in [9.17, 15) is 19.5 Å². The fourth-order valence-electron chi connectivity index (χ4n) is 2.89. The van der Waals surface area contributed by atoms with Crippen LogP contribution in [0.5, 0.6) is 5.75 Å². The Hall–Kier alpha value is -3.35. The van der Waals surface area contributed by atoms with Gasteiger partial charge in [0.25, 0.3) is 5.91 Å². The number of nitrogens with one attached hydrogen (secondary N) is 1. The van der Waals surface area contributed by atoms with Gasteiger partial charge >= 0.3 is 5.97 Å². The van der Waals surface area contributed by atoms with Crippen molar-refractivity contribution in [3.05, 3.63) is 53.6 Å². The highest BCUT2D eigenvalue weighted by molar-refractivity contribution is 5.98. The van der Waals surface area contributed by atoms with Gasteiger partial charge in [-0.1, -0.05) is 17.7 Å². The van der Waals surface area contributed by atoms with Crippen LogP contribution in [0.3, 0.4) is 0 Å². The number of aryl methyl sites for hydroxylation is 1. The van der Waals surface area contributed by atoms with Crippen LogP contribution in [0.15, 0.2) is 42.5 Å². The van der Waals surface area contributed by atoms with Crippen molar-refractivity contribution >= 4 is 29.2 Å². The lowest BCUT2D eigenvalue weighted by Crippen LogP contribution is -2.24. The number of benzene rings is 2. The van der Waals surface area contributed by atoms with Crippen LogP contribution >= 0.6 is 0 Å². The molecule has 2 amide bonds. The molecule has 2 aromatic rings. The van der Waals surface area contributed by atoms with Crippen LogP contribution in [0, 0.1) is 6.92 Å². The van der Waals surface area contributed by atoms with Crippen molar-refractivity contribution in [1.29, 1.82) is 0 Å². The van der Waals surface area contributed by atoms with Gasteiger partial charge in [0.2, 0.25) is 5.91 Å². The normalized spacial score (nSPS) is 13.5. The molecule has 3 rings (SSSR count). The first kappa shape index (κ1) is 18.4. The monoisotopic (exact) mass is 368 g/mol. The minimum Gasteiger partial charge on any atom is -0.507 e. The standard InChI is InChI=1S/C20H20N2O5/c1-13-7-8-17(23)16(10-13)20(26)27-12-18(24)21-14-4-2-5-15(11-14)22-9-3-6-19(22)25/h2,4-5,7-8,10-11,23H,3,6,9,12H2,1H3,(H,21,24). The summed E-state index contributed by atoms with van der Waals surface area (Å²) < 4.78 is 4.97. The number of phenols is 1. The molecule has 2 aromatic carbocycles. The number of ether oxygens (including phenoxy) is 1. The van der Waals surface area contributed by atoms with Gasteiger partial charge in [-0.2, -0.15) is 0 Å². The summed E-state index contributed by atoms with van der Waals surface area (Å²) in [5.74, 6) is -1.43. The van der Waals surface area contributed by atoms with Gasteiger partial charge in [0.1, 0.15) is 11.3 Å². The van der Waals surface area contributed by atoms with Crippen molar-refractivity contribution in [2.45, 2.75) is 19.8 Å². The molecular weight excluding hydrogens is 348 g/mol. The number of phenolic OH excluding ortho intramolecular Hbond substituents is 1. The van der Waals surface area contributed by atoms with Crippen LogP contribution in [0.2, 0.25) is 0 Å². The molecule has 0 spiro atoms. The third kappa shape index (κ3) is 4.44. The quantitative estimate of drug-likeness (QED) is 0.791. The Morgan fingerprint density at radius 3 is 2.78 bits per heavy atom. The van der Waals surface area contributed by atoms with E-state index in [0.717, 1.165) is 17.7 Å². The fraction of sp³-hybridized carbons (Fsp3) is 0.250. The van der Waals surface area contributed by atoms with E-state index in [4.69, 9.17) is 4.74 Å². The van der Waals surface area contributed by atoms with Gasteiger partial charge in [-0.15, -0.1) is 0 Å². The van der Waals surface area contributed by atoms with E-state index in [1.54, 1.807) is 42.2 Å². The van der Waals surface area contributed by atoms with Crippen molar-refractivity contribution < 1.29 is 24.2 Å². The third-order valence-electron chi connectivity index (χ3n) is 4.22. The maximum Gasteiger partial charge on any atom is 0.342 e. The molecule has 1 saturated heterocycles. The molecule has 140 valence electrons. The van der Waals surface area contributed by atoms with Gasteiger partial charge in [-0.3, -0.25) is 9.59 Å². The van der Waals surface area contributed by atoms with Gasteiger partial charge in [-0.25, -0.2) is 4.79 Å². The van der Waals surface area contributed by atoms with E-state index in [1.807, 2.05) is 0 Å². The summed E-state index contributed by atoms with van der Waals surface area (Å²) in [6.07, 6.45) is 1.34. The number of carbonyl (C=O) groups is 3. The predicted octanol–water partition coefficient (Wildman–Crippen LogP) is 2.62. The number of hydrogen-bond acceptors (Lipinski definition) is 5. The van der Waals surface area contributed by atoms with Crippen molar-refractivity contribution in [3.8, 4) is 5.75 Å². The second-order valence-corrected chi connectivity index (χ2v) is 6.34. The average Bonchev–Trinajstić information content (AvgIpc) is 3.08. The first-order valence-corrected chi connectivity index (χ1v) is 8.61. The molecular formula is C20H20N2O5. The zero-order valence-electron chi connectivity index (χ0n) is 14.9. The number of nitrogens with zero attached hydrogens (tertiary/aromatic N) is 1. The second kappa shape index (κ2) is 7.90. The molecule has 0 bridgehead atoms. The van der Waals surface area contributed by atoms with Crippen LogP contribution in [-0.4, -0.2) is 36.0 Å². The second-order valence-electron chi connectivity index (χ2n) is 6.34. The SMILES string of the molecule is Cc1ccc(O)c(C(=O)OCC(=O)Nc2cccc(N3CCCC3=O)c2)c1. The molecule has 0 aromatic heterocycles. The fourth-order valence-corrected chi connectivity index (χ4v) is 2.89. The maximum atomic E-state index is 12.1. The van der Waals surface area contributed by atoms with E-state index in [2.05, 4.69) is 5.32 Å².